The van der Waals surface area contributed by atoms with E-state index in [1.54, 1.807) is 0 Å². The summed E-state index contributed by atoms with van der Waals surface area (Å²) in [4.78, 5) is 26.5. The molecule has 0 bridgehead atoms. The number of thiophene rings is 1. The highest BCUT2D eigenvalue weighted by Gasteiger charge is 2.22. The van der Waals surface area contributed by atoms with Gasteiger partial charge in [-0.2, -0.15) is 0 Å². The lowest BCUT2D eigenvalue weighted by atomic mass is 10.2. The van der Waals surface area contributed by atoms with Crippen molar-refractivity contribution in [1.29, 1.82) is 0 Å². The fourth-order valence-corrected chi connectivity index (χ4v) is 4.39. The van der Waals surface area contributed by atoms with Crippen molar-refractivity contribution in [1.82, 2.24) is 15.0 Å². The van der Waals surface area contributed by atoms with E-state index in [0.717, 1.165) is 32.3 Å². The van der Waals surface area contributed by atoms with Gasteiger partial charge in [-0.25, -0.2) is 19.7 Å². The summed E-state index contributed by atoms with van der Waals surface area (Å²) in [6.07, 6.45) is 0. The lowest BCUT2D eigenvalue weighted by Gasteiger charge is -2.02. The van der Waals surface area contributed by atoms with Crippen LogP contribution in [0.2, 0.25) is 0 Å². The lowest BCUT2D eigenvalue weighted by molar-refractivity contribution is 0.0605. The third kappa shape index (κ3) is 2.84. The van der Waals surface area contributed by atoms with Crippen LogP contribution in [0.4, 0.5) is 0 Å². The van der Waals surface area contributed by atoms with Gasteiger partial charge in [-0.15, -0.1) is 11.3 Å². The fourth-order valence-electron chi connectivity index (χ4n) is 2.13. The van der Waals surface area contributed by atoms with Crippen molar-refractivity contribution in [3.05, 3.63) is 27.7 Å². The van der Waals surface area contributed by atoms with E-state index in [4.69, 9.17) is 9.15 Å². The molecule has 0 radical (unpaired) electrons. The lowest BCUT2D eigenvalue weighted by Crippen LogP contribution is -1.99. The number of fused-ring (bicyclic) bond motifs is 1. The van der Waals surface area contributed by atoms with E-state index < -0.39 is 0 Å². The van der Waals surface area contributed by atoms with Crippen LogP contribution < -0.4 is 0 Å². The van der Waals surface area contributed by atoms with Gasteiger partial charge in [-0.05, 0) is 45.0 Å². The zero-order valence-corrected chi connectivity index (χ0v) is 15.0. The Hall–Kier alpha value is -1.93. The molecule has 0 atom stereocenters. The van der Waals surface area contributed by atoms with Crippen LogP contribution in [0, 0.1) is 27.7 Å². The maximum absolute atomic E-state index is 11.9. The zero-order valence-electron chi connectivity index (χ0n) is 13.4. The van der Waals surface area contributed by atoms with Crippen LogP contribution >= 0.6 is 23.1 Å². The number of aryl methyl sites for hydroxylation is 4. The van der Waals surface area contributed by atoms with Crippen LogP contribution in [0.25, 0.3) is 10.2 Å². The molecule has 23 heavy (non-hydrogen) atoms. The number of oxazole rings is 1. The first-order valence-corrected chi connectivity index (χ1v) is 8.52. The topological polar surface area (TPSA) is 78.1 Å². The Morgan fingerprint density at radius 1 is 1.17 bits per heavy atom. The highest BCUT2D eigenvalue weighted by atomic mass is 32.2. The molecule has 0 fully saturated rings. The van der Waals surface area contributed by atoms with Crippen molar-refractivity contribution in [3.8, 4) is 0 Å². The summed E-state index contributed by atoms with van der Waals surface area (Å²) in [5, 5.41) is 2.11. The molecule has 0 N–H and O–H groups in total. The summed E-state index contributed by atoms with van der Waals surface area (Å²) >= 11 is 2.65. The predicted molar refractivity (Wildman–Crippen MR) is 88.3 cm³/mol. The molecule has 0 saturated heterocycles. The van der Waals surface area contributed by atoms with E-state index in [1.165, 1.54) is 30.2 Å². The largest absolute Gasteiger partial charge is 0.465 e. The second-order valence-electron chi connectivity index (χ2n) is 5.03. The number of methoxy groups -OCH3 is 1. The van der Waals surface area contributed by atoms with Gasteiger partial charge >= 0.3 is 5.97 Å². The van der Waals surface area contributed by atoms with Gasteiger partial charge in [0.05, 0.1) is 12.8 Å². The molecule has 120 valence electrons. The number of ether oxygens (including phenoxy) is 1. The minimum absolute atomic E-state index is 0.359. The normalized spacial score (nSPS) is 11.2. The summed E-state index contributed by atoms with van der Waals surface area (Å²) in [6, 6.07) is 0. The Kier molecular flexibility index (Phi) is 4.11. The molecular weight excluding hydrogens is 334 g/mol. The van der Waals surface area contributed by atoms with Crippen LogP contribution in [-0.4, -0.2) is 28.0 Å². The monoisotopic (exact) mass is 349 g/mol. The Labute approximate surface area is 141 Å². The van der Waals surface area contributed by atoms with E-state index in [2.05, 4.69) is 15.0 Å². The van der Waals surface area contributed by atoms with Crippen molar-refractivity contribution < 1.29 is 13.9 Å². The number of hydrogen-bond donors (Lipinski definition) is 0. The minimum atomic E-state index is -0.359. The molecule has 0 aliphatic heterocycles. The smallest absolute Gasteiger partial charge is 0.348 e. The Balaban J connectivity index is 2.15. The standard InChI is InChI=1S/C15H15N3O3S2/c1-6-10-12(22-11(6)14(19)20-5)17-9(4)18-13(10)23-15-16-7(2)8(3)21-15/h1-5H3. The third-order valence-electron chi connectivity index (χ3n) is 3.43. The van der Waals surface area contributed by atoms with Gasteiger partial charge < -0.3 is 9.15 Å². The van der Waals surface area contributed by atoms with E-state index in [1.807, 2.05) is 27.7 Å². The minimum Gasteiger partial charge on any atom is -0.465 e. The van der Waals surface area contributed by atoms with E-state index >= 15 is 0 Å². The van der Waals surface area contributed by atoms with E-state index in [-0.39, 0.29) is 5.97 Å². The fraction of sp³-hybridized carbons (Fsp3) is 0.333. The summed E-state index contributed by atoms with van der Waals surface area (Å²) < 4.78 is 10.5. The molecule has 8 heteroatoms. The first kappa shape index (κ1) is 15.9. The summed E-state index contributed by atoms with van der Waals surface area (Å²) in [5.74, 6) is 1.06. The van der Waals surface area contributed by atoms with Gasteiger partial charge in [-0.3, -0.25) is 0 Å². The van der Waals surface area contributed by atoms with E-state index in [0.29, 0.717) is 15.9 Å². The van der Waals surface area contributed by atoms with Gasteiger partial charge in [0.1, 0.15) is 26.3 Å². The van der Waals surface area contributed by atoms with Gasteiger partial charge in [0.15, 0.2) is 0 Å². The van der Waals surface area contributed by atoms with Crippen molar-refractivity contribution in [2.45, 2.75) is 37.9 Å². The number of carbonyl (C=O) groups is 1. The van der Waals surface area contributed by atoms with Gasteiger partial charge in [0.2, 0.25) is 0 Å². The number of carbonyl (C=O) groups excluding carboxylic acids is 1. The zero-order chi connectivity index (χ0) is 16.7. The molecule has 0 aromatic carbocycles. The number of esters is 1. The molecule has 0 saturated carbocycles. The van der Waals surface area contributed by atoms with Crippen molar-refractivity contribution >= 4 is 39.3 Å². The number of hydrogen-bond acceptors (Lipinski definition) is 8. The maximum atomic E-state index is 11.9. The average Bonchev–Trinajstić information content (AvgIpc) is 2.98. The third-order valence-corrected chi connectivity index (χ3v) is 5.44. The molecule has 6 nitrogen and oxygen atoms in total. The molecular formula is C15H15N3O3S2. The van der Waals surface area contributed by atoms with Crippen LogP contribution in [0.3, 0.4) is 0 Å². The SMILES string of the molecule is COC(=O)c1sc2nc(C)nc(Sc3nc(C)c(C)o3)c2c1C. The molecule has 0 amide bonds. The predicted octanol–water partition coefficient (Wildman–Crippen LogP) is 3.85. The molecule has 0 aliphatic rings. The molecule has 3 aromatic rings. The molecule has 3 aromatic heterocycles. The van der Waals surface area contributed by atoms with Crippen molar-refractivity contribution in [3.63, 3.8) is 0 Å². The summed E-state index contributed by atoms with van der Waals surface area (Å²) in [5.41, 5.74) is 1.67. The molecule has 0 spiro atoms. The quantitative estimate of drug-likeness (QED) is 0.525. The number of nitrogens with zero attached hydrogens (tertiary/aromatic N) is 3. The van der Waals surface area contributed by atoms with Gasteiger partial charge in [-0.1, -0.05) is 0 Å². The number of rotatable bonds is 3. The van der Waals surface area contributed by atoms with Crippen LogP contribution in [0.15, 0.2) is 14.7 Å². The number of aromatic nitrogens is 3. The van der Waals surface area contributed by atoms with Crippen LogP contribution in [-0.2, 0) is 4.74 Å². The maximum Gasteiger partial charge on any atom is 0.348 e. The van der Waals surface area contributed by atoms with Gasteiger partial charge in [0, 0.05) is 5.39 Å². The molecule has 3 heterocycles. The Bertz CT molecular complexity index is 895. The first-order chi connectivity index (χ1) is 10.9. The Morgan fingerprint density at radius 3 is 2.52 bits per heavy atom. The van der Waals surface area contributed by atoms with Crippen LogP contribution in [0.1, 0.15) is 32.5 Å². The average molecular weight is 349 g/mol. The Morgan fingerprint density at radius 2 is 1.91 bits per heavy atom. The highest BCUT2D eigenvalue weighted by molar-refractivity contribution is 7.99. The van der Waals surface area contributed by atoms with Crippen molar-refractivity contribution in [2.75, 3.05) is 7.11 Å². The van der Waals surface area contributed by atoms with Gasteiger partial charge in [0.25, 0.3) is 5.22 Å². The summed E-state index contributed by atoms with van der Waals surface area (Å²) in [6.45, 7) is 7.47. The molecule has 3 rings (SSSR count). The summed E-state index contributed by atoms with van der Waals surface area (Å²) in [7, 11) is 1.37. The van der Waals surface area contributed by atoms with Crippen LogP contribution in [0.5, 0.6) is 0 Å². The second kappa shape index (κ2) is 5.93. The van der Waals surface area contributed by atoms with E-state index in [9.17, 15) is 4.79 Å². The molecule has 0 unspecified atom stereocenters. The first-order valence-electron chi connectivity index (χ1n) is 6.88. The van der Waals surface area contributed by atoms with Crippen molar-refractivity contribution in [2.24, 2.45) is 0 Å². The second-order valence-corrected chi connectivity index (χ2v) is 6.97. The molecule has 0 aliphatic carbocycles. The highest BCUT2D eigenvalue weighted by Crippen LogP contribution is 2.38.